The number of hydrogen-bond donors (Lipinski definition) is 1. The van der Waals surface area contributed by atoms with Gasteiger partial charge < -0.3 is 4.90 Å². The molecule has 25 heavy (non-hydrogen) atoms. The van der Waals surface area contributed by atoms with Gasteiger partial charge in [-0.2, -0.15) is 0 Å². The number of sulfonamides is 1. The van der Waals surface area contributed by atoms with Gasteiger partial charge in [-0.05, 0) is 50.6 Å². The van der Waals surface area contributed by atoms with Crippen molar-refractivity contribution in [2.75, 3.05) is 25.0 Å². The zero-order chi connectivity index (χ0) is 17.9. The molecule has 0 saturated carbocycles. The van der Waals surface area contributed by atoms with Crippen LogP contribution in [0.15, 0.2) is 35.2 Å². The van der Waals surface area contributed by atoms with E-state index in [0.29, 0.717) is 11.3 Å². The summed E-state index contributed by atoms with van der Waals surface area (Å²) in [6.07, 6.45) is 4.92. The van der Waals surface area contributed by atoms with E-state index in [1.807, 2.05) is 18.2 Å². The number of aromatic nitrogens is 2. The normalized spacial score (nSPS) is 15.8. The number of benzene rings is 1. The Morgan fingerprint density at radius 1 is 1.00 bits per heavy atom. The van der Waals surface area contributed by atoms with Crippen molar-refractivity contribution in [3.8, 4) is 11.3 Å². The van der Waals surface area contributed by atoms with E-state index in [9.17, 15) is 8.42 Å². The van der Waals surface area contributed by atoms with Gasteiger partial charge in [0.05, 0.1) is 10.6 Å². The third-order valence-corrected chi connectivity index (χ3v) is 6.18. The van der Waals surface area contributed by atoms with E-state index in [1.165, 1.54) is 32.7 Å². The third kappa shape index (κ3) is 3.99. The van der Waals surface area contributed by atoms with Gasteiger partial charge in [0.2, 0.25) is 10.0 Å². The molecular formula is C18H24N4O2S. The van der Waals surface area contributed by atoms with Gasteiger partial charge in [-0.15, -0.1) is 10.2 Å². The molecule has 1 aliphatic rings. The minimum absolute atomic E-state index is 0.269. The number of rotatable bonds is 4. The van der Waals surface area contributed by atoms with Crippen molar-refractivity contribution in [1.82, 2.24) is 14.9 Å². The van der Waals surface area contributed by atoms with Crippen LogP contribution < -0.4 is 9.62 Å². The van der Waals surface area contributed by atoms with E-state index in [2.05, 4.69) is 19.8 Å². The lowest BCUT2D eigenvalue weighted by atomic mass is 10.1. The minimum Gasteiger partial charge on any atom is -0.355 e. The Labute approximate surface area is 149 Å². The second-order valence-corrected chi connectivity index (χ2v) is 8.22. The average molecular weight is 360 g/mol. The molecule has 134 valence electrons. The molecule has 3 rings (SSSR count). The molecule has 1 fully saturated rings. The summed E-state index contributed by atoms with van der Waals surface area (Å²) in [5, 5.41) is 8.69. The van der Waals surface area contributed by atoms with Gasteiger partial charge in [0.1, 0.15) is 0 Å². The highest BCUT2D eigenvalue weighted by Gasteiger charge is 2.17. The van der Waals surface area contributed by atoms with Crippen LogP contribution in [0.25, 0.3) is 11.3 Å². The summed E-state index contributed by atoms with van der Waals surface area (Å²) in [5.74, 6) is 0.890. The number of hydrogen-bond acceptors (Lipinski definition) is 5. The predicted molar refractivity (Wildman–Crippen MR) is 99.1 cm³/mol. The fourth-order valence-corrected chi connectivity index (χ4v) is 4.10. The van der Waals surface area contributed by atoms with Crippen LogP contribution in [0.2, 0.25) is 0 Å². The van der Waals surface area contributed by atoms with Gasteiger partial charge in [-0.1, -0.05) is 25.0 Å². The topological polar surface area (TPSA) is 75.2 Å². The molecule has 1 N–H and O–H groups in total. The molecule has 0 atom stereocenters. The fourth-order valence-electron chi connectivity index (χ4n) is 3.11. The molecule has 0 radical (unpaired) electrons. The summed E-state index contributed by atoms with van der Waals surface area (Å²) in [6, 6.07) is 9.20. The molecule has 0 amide bonds. The Balaban J connectivity index is 1.88. The van der Waals surface area contributed by atoms with Crippen LogP contribution in [0.3, 0.4) is 0 Å². The smallest absolute Gasteiger partial charge is 0.240 e. The molecule has 0 bridgehead atoms. The van der Waals surface area contributed by atoms with E-state index >= 15 is 0 Å². The minimum atomic E-state index is -3.50. The van der Waals surface area contributed by atoms with Crippen LogP contribution in [0, 0.1) is 6.92 Å². The molecule has 1 aromatic heterocycles. The van der Waals surface area contributed by atoms with Crippen LogP contribution in [-0.2, 0) is 10.0 Å². The molecular weight excluding hydrogens is 336 g/mol. The predicted octanol–water partition coefficient (Wildman–Crippen LogP) is 2.74. The fraction of sp³-hybridized carbons (Fsp3) is 0.444. The maximum absolute atomic E-state index is 12.1. The van der Waals surface area contributed by atoms with E-state index in [-0.39, 0.29) is 4.90 Å². The van der Waals surface area contributed by atoms with Crippen molar-refractivity contribution < 1.29 is 8.42 Å². The first-order valence-electron chi connectivity index (χ1n) is 8.64. The average Bonchev–Trinajstić information content (AvgIpc) is 2.91. The van der Waals surface area contributed by atoms with E-state index in [1.54, 1.807) is 19.1 Å². The summed E-state index contributed by atoms with van der Waals surface area (Å²) >= 11 is 0. The first-order chi connectivity index (χ1) is 12.0. The number of nitrogens with one attached hydrogen (secondary N) is 1. The highest BCUT2D eigenvalue weighted by molar-refractivity contribution is 7.89. The molecule has 1 saturated heterocycles. The van der Waals surface area contributed by atoms with Crippen LogP contribution in [0.1, 0.15) is 31.2 Å². The van der Waals surface area contributed by atoms with Crippen LogP contribution >= 0.6 is 0 Å². The van der Waals surface area contributed by atoms with Crippen LogP contribution in [-0.4, -0.2) is 38.8 Å². The summed E-state index contributed by atoms with van der Waals surface area (Å²) in [4.78, 5) is 2.54. The molecule has 0 unspecified atom stereocenters. The molecule has 6 nitrogen and oxygen atoms in total. The molecule has 2 heterocycles. The maximum atomic E-state index is 12.1. The monoisotopic (exact) mass is 360 g/mol. The van der Waals surface area contributed by atoms with Crippen molar-refractivity contribution in [1.29, 1.82) is 0 Å². The standard InChI is InChI=1S/C18H24N4O2S/c1-14-7-8-15(13-17(14)25(23,24)19-2)16-9-10-18(21-20-16)22-11-5-3-4-6-12-22/h7-10,13,19H,3-6,11-12H2,1-2H3. The Morgan fingerprint density at radius 3 is 2.32 bits per heavy atom. The number of aryl methyl sites for hydroxylation is 1. The molecule has 0 aliphatic carbocycles. The first-order valence-corrected chi connectivity index (χ1v) is 10.1. The van der Waals surface area contributed by atoms with Gasteiger partial charge in [0, 0.05) is 18.7 Å². The molecule has 1 aromatic carbocycles. The highest BCUT2D eigenvalue weighted by Crippen LogP contribution is 2.25. The summed E-state index contributed by atoms with van der Waals surface area (Å²) in [6.45, 7) is 3.81. The molecule has 7 heteroatoms. The number of anilines is 1. The van der Waals surface area contributed by atoms with Crippen molar-refractivity contribution in [3.63, 3.8) is 0 Å². The van der Waals surface area contributed by atoms with Crippen LogP contribution in [0.5, 0.6) is 0 Å². The second kappa shape index (κ2) is 7.49. The Morgan fingerprint density at radius 2 is 1.72 bits per heavy atom. The van der Waals surface area contributed by atoms with Gasteiger partial charge >= 0.3 is 0 Å². The Kier molecular flexibility index (Phi) is 5.34. The van der Waals surface area contributed by atoms with Gasteiger partial charge in [-0.25, -0.2) is 13.1 Å². The molecule has 1 aliphatic heterocycles. The SMILES string of the molecule is CNS(=O)(=O)c1cc(-c2ccc(N3CCCCCC3)nn2)ccc1C. The quantitative estimate of drug-likeness (QED) is 0.907. The summed E-state index contributed by atoms with van der Waals surface area (Å²) in [7, 11) is -2.08. The lowest BCUT2D eigenvalue weighted by molar-refractivity contribution is 0.587. The Bertz CT molecular complexity index is 827. The van der Waals surface area contributed by atoms with Gasteiger partial charge in [-0.3, -0.25) is 0 Å². The first kappa shape index (κ1) is 17.8. The van der Waals surface area contributed by atoms with Crippen molar-refractivity contribution in [2.45, 2.75) is 37.5 Å². The largest absolute Gasteiger partial charge is 0.355 e. The van der Waals surface area contributed by atoms with Gasteiger partial charge in [0.25, 0.3) is 0 Å². The summed E-state index contributed by atoms with van der Waals surface area (Å²) < 4.78 is 26.7. The maximum Gasteiger partial charge on any atom is 0.240 e. The number of nitrogens with zero attached hydrogens (tertiary/aromatic N) is 3. The summed E-state index contributed by atoms with van der Waals surface area (Å²) in [5.41, 5.74) is 2.12. The zero-order valence-electron chi connectivity index (χ0n) is 14.7. The second-order valence-electron chi connectivity index (χ2n) is 6.37. The molecule has 2 aromatic rings. The van der Waals surface area contributed by atoms with E-state index in [4.69, 9.17) is 0 Å². The van der Waals surface area contributed by atoms with Crippen molar-refractivity contribution in [3.05, 3.63) is 35.9 Å². The Hall–Kier alpha value is -1.99. The molecule has 0 spiro atoms. The van der Waals surface area contributed by atoms with Crippen molar-refractivity contribution >= 4 is 15.8 Å². The van der Waals surface area contributed by atoms with E-state index in [0.717, 1.165) is 24.5 Å². The van der Waals surface area contributed by atoms with Crippen LogP contribution in [0.4, 0.5) is 5.82 Å². The third-order valence-electron chi connectivity index (χ3n) is 4.62. The lowest BCUT2D eigenvalue weighted by Crippen LogP contribution is -2.25. The highest BCUT2D eigenvalue weighted by atomic mass is 32.2. The van der Waals surface area contributed by atoms with Gasteiger partial charge in [0.15, 0.2) is 5.82 Å². The van der Waals surface area contributed by atoms with Crippen molar-refractivity contribution in [2.24, 2.45) is 0 Å². The van der Waals surface area contributed by atoms with E-state index < -0.39 is 10.0 Å². The lowest BCUT2D eigenvalue weighted by Gasteiger charge is -2.20. The zero-order valence-corrected chi connectivity index (χ0v) is 15.5.